The molecular formula is C20H25N3O3. The molecule has 2 aromatic rings. The Labute approximate surface area is 154 Å². The lowest BCUT2D eigenvalue weighted by atomic mass is 10.1. The number of morpholine rings is 1. The van der Waals surface area contributed by atoms with Crippen molar-refractivity contribution in [2.24, 2.45) is 0 Å². The molecule has 0 aliphatic carbocycles. The first-order valence-electron chi connectivity index (χ1n) is 9.00. The first-order valence-corrected chi connectivity index (χ1v) is 9.00. The molecule has 0 spiro atoms. The van der Waals surface area contributed by atoms with E-state index in [2.05, 4.69) is 39.5 Å². The summed E-state index contributed by atoms with van der Waals surface area (Å²) in [5, 5.41) is 2.93. The number of amides is 1. The van der Waals surface area contributed by atoms with Crippen LogP contribution in [0.5, 0.6) is 5.88 Å². The molecule has 1 aliphatic rings. The van der Waals surface area contributed by atoms with Gasteiger partial charge in [0.25, 0.3) is 5.91 Å². The van der Waals surface area contributed by atoms with E-state index in [0.717, 1.165) is 38.4 Å². The zero-order valence-electron chi connectivity index (χ0n) is 15.1. The van der Waals surface area contributed by atoms with Crippen molar-refractivity contribution in [2.45, 2.75) is 20.0 Å². The Balaban J connectivity index is 1.53. The number of aromatic nitrogens is 1. The van der Waals surface area contributed by atoms with E-state index >= 15 is 0 Å². The number of hydrogen-bond donors (Lipinski definition) is 1. The van der Waals surface area contributed by atoms with E-state index in [4.69, 9.17) is 9.47 Å². The van der Waals surface area contributed by atoms with Crippen molar-refractivity contribution < 1.29 is 14.3 Å². The highest BCUT2D eigenvalue weighted by molar-refractivity contribution is 5.96. The first-order chi connectivity index (χ1) is 12.8. The van der Waals surface area contributed by atoms with Crippen LogP contribution in [-0.4, -0.2) is 48.7 Å². The molecule has 2 heterocycles. The molecule has 6 nitrogen and oxygen atoms in total. The maximum atomic E-state index is 12.4. The van der Waals surface area contributed by atoms with Gasteiger partial charge in [-0.15, -0.1) is 0 Å². The molecular weight excluding hydrogens is 330 g/mol. The average Bonchev–Trinajstić information content (AvgIpc) is 2.69. The van der Waals surface area contributed by atoms with Crippen LogP contribution in [0.3, 0.4) is 0 Å². The second-order valence-corrected chi connectivity index (χ2v) is 6.18. The molecule has 1 saturated heterocycles. The van der Waals surface area contributed by atoms with E-state index in [9.17, 15) is 4.79 Å². The van der Waals surface area contributed by atoms with Gasteiger partial charge in [0.15, 0.2) is 0 Å². The fraction of sp³-hybridized carbons (Fsp3) is 0.400. The van der Waals surface area contributed by atoms with Gasteiger partial charge < -0.3 is 14.8 Å². The van der Waals surface area contributed by atoms with Gasteiger partial charge in [-0.1, -0.05) is 24.3 Å². The van der Waals surface area contributed by atoms with Crippen molar-refractivity contribution in [3.05, 3.63) is 59.3 Å². The van der Waals surface area contributed by atoms with Gasteiger partial charge in [0.05, 0.1) is 19.8 Å². The highest BCUT2D eigenvalue weighted by Crippen LogP contribution is 2.14. The zero-order chi connectivity index (χ0) is 18.2. The van der Waals surface area contributed by atoms with Gasteiger partial charge in [-0.25, -0.2) is 4.98 Å². The summed E-state index contributed by atoms with van der Waals surface area (Å²) in [7, 11) is 0. The Morgan fingerprint density at radius 3 is 2.65 bits per heavy atom. The Bertz CT molecular complexity index is 712. The molecule has 1 aliphatic heterocycles. The van der Waals surface area contributed by atoms with Crippen LogP contribution in [-0.2, 0) is 17.8 Å². The molecule has 0 saturated carbocycles. The lowest BCUT2D eigenvalue weighted by Crippen LogP contribution is -2.35. The third kappa shape index (κ3) is 5.03. The minimum absolute atomic E-state index is 0.182. The summed E-state index contributed by atoms with van der Waals surface area (Å²) in [6.45, 7) is 7.32. The number of hydrogen-bond acceptors (Lipinski definition) is 5. The minimum atomic E-state index is -0.182. The van der Waals surface area contributed by atoms with Crippen LogP contribution in [0.2, 0.25) is 0 Å². The molecule has 1 aromatic heterocycles. The van der Waals surface area contributed by atoms with Crippen LogP contribution < -0.4 is 10.1 Å². The standard InChI is InChI=1S/C20H25N3O3/c1-2-26-20-18(4-3-9-21-20)19(24)22-14-16-5-7-17(8-6-16)15-23-10-12-25-13-11-23/h3-9H,2,10-15H2,1H3,(H,22,24). The Hall–Kier alpha value is -2.44. The second-order valence-electron chi connectivity index (χ2n) is 6.18. The van der Waals surface area contributed by atoms with Gasteiger partial charge in [0, 0.05) is 32.4 Å². The lowest BCUT2D eigenvalue weighted by Gasteiger charge is -2.26. The summed E-state index contributed by atoms with van der Waals surface area (Å²) in [4.78, 5) is 18.9. The number of ether oxygens (including phenoxy) is 2. The van der Waals surface area contributed by atoms with Gasteiger partial charge >= 0.3 is 0 Å². The molecule has 0 radical (unpaired) electrons. The van der Waals surface area contributed by atoms with Gasteiger partial charge in [0.2, 0.25) is 5.88 Å². The van der Waals surface area contributed by atoms with E-state index in [1.807, 2.05) is 6.92 Å². The van der Waals surface area contributed by atoms with Crippen molar-refractivity contribution in [3.8, 4) is 5.88 Å². The first kappa shape index (κ1) is 18.4. The SMILES string of the molecule is CCOc1ncccc1C(=O)NCc1ccc(CN2CCOCC2)cc1. The van der Waals surface area contributed by atoms with Crippen LogP contribution in [0.25, 0.3) is 0 Å². The number of carbonyl (C=O) groups is 1. The molecule has 138 valence electrons. The maximum Gasteiger partial charge on any atom is 0.257 e. The smallest absolute Gasteiger partial charge is 0.257 e. The quantitative estimate of drug-likeness (QED) is 0.825. The maximum absolute atomic E-state index is 12.4. The van der Waals surface area contributed by atoms with Crippen molar-refractivity contribution in [1.29, 1.82) is 0 Å². The van der Waals surface area contributed by atoms with E-state index in [-0.39, 0.29) is 5.91 Å². The summed E-state index contributed by atoms with van der Waals surface area (Å²) in [5.41, 5.74) is 2.79. The van der Waals surface area contributed by atoms with Crippen LogP contribution in [0.4, 0.5) is 0 Å². The van der Waals surface area contributed by atoms with Crippen molar-refractivity contribution in [1.82, 2.24) is 15.2 Å². The molecule has 0 bridgehead atoms. The lowest BCUT2D eigenvalue weighted by molar-refractivity contribution is 0.0342. The number of pyridine rings is 1. The minimum Gasteiger partial charge on any atom is -0.477 e. The van der Waals surface area contributed by atoms with E-state index < -0.39 is 0 Å². The third-order valence-electron chi connectivity index (χ3n) is 4.28. The average molecular weight is 355 g/mol. The molecule has 26 heavy (non-hydrogen) atoms. The van der Waals surface area contributed by atoms with Gasteiger partial charge in [-0.3, -0.25) is 9.69 Å². The fourth-order valence-corrected chi connectivity index (χ4v) is 2.87. The van der Waals surface area contributed by atoms with Crippen LogP contribution >= 0.6 is 0 Å². The van der Waals surface area contributed by atoms with Gasteiger partial charge in [-0.2, -0.15) is 0 Å². The predicted octanol–water partition coefficient (Wildman–Crippen LogP) is 2.24. The fourth-order valence-electron chi connectivity index (χ4n) is 2.87. The largest absolute Gasteiger partial charge is 0.477 e. The molecule has 6 heteroatoms. The Kier molecular flexibility index (Phi) is 6.57. The van der Waals surface area contributed by atoms with E-state index in [1.165, 1.54) is 5.56 Å². The van der Waals surface area contributed by atoms with Gasteiger partial charge in [0.1, 0.15) is 5.56 Å². The molecule has 0 unspecified atom stereocenters. The van der Waals surface area contributed by atoms with Crippen LogP contribution in [0.1, 0.15) is 28.4 Å². The van der Waals surface area contributed by atoms with E-state index in [0.29, 0.717) is 24.6 Å². The van der Waals surface area contributed by atoms with E-state index in [1.54, 1.807) is 18.3 Å². The Morgan fingerprint density at radius 1 is 1.19 bits per heavy atom. The molecule has 0 atom stereocenters. The van der Waals surface area contributed by atoms with Crippen LogP contribution in [0.15, 0.2) is 42.6 Å². The topological polar surface area (TPSA) is 63.7 Å². The monoisotopic (exact) mass is 355 g/mol. The third-order valence-corrected chi connectivity index (χ3v) is 4.28. The second kappa shape index (κ2) is 9.31. The number of rotatable bonds is 7. The zero-order valence-corrected chi connectivity index (χ0v) is 15.1. The summed E-state index contributed by atoms with van der Waals surface area (Å²) in [6, 6.07) is 11.8. The number of carbonyl (C=O) groups excluding carboxylic acids is 1. The number of nitrogens with one attached hydrogen (secondary N) is 1. The van der Waals surface area contributed by atoms with Gasteiger partial charge in [-0.05, 0) is 30.2 Å². The predicted molar refractivity (Wildman–Crippen MR) is 99.1 cm³/mol. The molecule has 1 N–H and O–H groups in total. The van der Waals surface area contributed by atoms with Crippen molar-refractivity contribution >= 4 is 5.91 Å². The highest BCUT2D eigenvalue weighted by Gasteiger charge is 2.13. The molecule has 1 fully saturated rings. The summed E-state index contributed by atoms with van der Waals surface area (Å²) >= 11 is 0. The summed E-state index contributed by atoms with van der Waals surface area (Å²) in [5.74, 6) is 0.187. The number of nitrogens with zero attached hydrogens (tertiary/aromatic N) is 2. The van der Waals surface area contributed by atoms with Crippen LogP contribution in [0, 0.1) is 0 Å². The highest BCUT2D eigenvalue weighted by atomic mass is 16.5. The summed E-state index contributed by atoms with van der Waals surface area (Å²) in [6.07, 6.45) is 1.62. The molecule has 3 rings (SSSR count). The summed E-state index contributed by atoms with van der Waals surface area (Å²) < 4.78 is 10.8. The molecule has 1 aromatic carbocycles. The normalized spacial score (nSPS) is 14.8. The number of benzene rings is 1. The Morgan fingerprint density at radius 2 is 1.92 bits per heavy atom. The van der Waals surface area contributed by atoms with Crippen molar-refractivity contribution in [2.75, 3.05) is 32.9 Å². The van der Waals surface area contributed by atoms with Crippen molar-refractivity contribution in [3.63, 3.8) is 0 Å². The molecule has 1 amide bonds.